The Morgan fingerprint density at radius 2 is 1.50 bits per heavy atom. The Morgan fingerprint density at radius 1 is 0.958 bits per heavy atom. The molecular formula is C13H18N4O5S2. The topological polar surface area (TPSA) is 107 Å². The Labute approximate surface area is 140 Å². The maximum atomic E-state index is 12.5. The fourth-order valence-electron chi connectivity index (χ4n) is 3.10. The number of carbonyl (C=O) groups is 1. The maximum absolute atomic E-state index is 12.5. The molecule has 9 nitrogen and oxygen atoms in total. The summed E-state index contributed by atoms with van der Waals surface area (Å²) >= 11 is 0. The highest BCUT2D eigenvalue weighted by Gasteiger charge is 2.53. The second-order valence-corrected chi connectivity index (χ2v) is 9.63. The first-order chi connectivity index (χ1) is 11.1. The Kier molecular flexibility index (Phi) is 4.06. The van der Waals surface area contributed by atoms with Gasteiger partial charge in [-0.15, -0.1) is 0 Å². The molecule has 11 heteroatoms. The van der Waals surface area contributed by atoms with Gasteiger partial charge in [-0.1, -0.05) is 18.2 Å². The average Bonchev–Trinajstić information content (AvgIpc) is 2.81. The molecule has 2 aliphatic rings. The van der Waals surface area contributed by atoms with Gasteiger partial charge in [0.25, 0.3) is 0 Å². The summed E-state index contributed by atoms with van der Waals surface area (Å²) in [6.45, 7) is -0.0403. The van der Waals surface area contributed by atoms with E-state index in [1.54, 1.807) is 30.3 Å². The molecule has 2 heterocycles. The number of carbonyl (C=O) groups excluding carboxylic acids is 1. The molecule has 1 aromatic rings. The number of nitrogens with zero attached hydrogens (tertiary/aromatic N) is 3. The summed E-state index contributed by atoms with van der Waals surface area (Å²) in [4.78, 5) is 13.7. The van der Waals surface area contributed by atoms with Crippen LogP contribution in [0.2, 0.25) is 0 Å². The highest BCUT2D eigenvalue weighted by atomic mass is 32.2. The summed E-state index contributed by atoms with van der Waals surface area (Å²) in [5.41, 5.74) is 0.492. The summed E-state index contributed by atoms with van der Waals surface area (Å²) in [6.07, 6.45) is 0.137. The predicted molar refractivity (Wildman–Crippen MR) is 88.1 cm³/mol. The van der Waals surface area contributed by atoms with Gasteiger partial charge in [0.15, 0.2) is 0 Å². The Bertz CT molecular complexity index is 856. The van der Waals surface area contributed by atoms with Crippen molar-refractivity contribution in [3.63, 3.8) is 0 Å². The first kappa shape index (κ1) is 17.1. The molecule has 24 heavy (non-hydrogen) atoms. The van der Waals surface area contributed by atoms with Gasteiger partial charge in [-0.25, -0.2) is 21.6 Å². The summed E-state index contributed by atoms with van der Waals surface area (Å²) < 4.78 is 50.7. The first-order valence-electron chi connectivity index (χ1n) is 7.19. The molecule has 132 valence electrons. The van der Waals surface area contributed by atoms with Gasteiger partial charge in [0.1, 0.15) is 12.3 Å². The zero-order valence-corrected chi connectivity index (χ0v) is 14.8. The van der Waals surface area contributed by atoms with Crippen LogP contribution in [0.1, 0.15) is 0 Å². The van der Waals surface area contributed by atoms with Gasteiger partial charge in [0, 0.05) is 18.8 Å². The molecule has 0 aliphatic carbocycles. The zero-order chi connectivity index (χ0) is 17.7. The van der Waals surface area contributed by atoms with Gasteiger partial charge < -0.3 is 5.32 Å². The van der Waals surface area contributed by atoms with E-state index in [0.29, 0.717) is 5.69 Å². The molecule has 2 amide bonds. The van der Waals surface area contributed by atoms with E-state index in [-0.39, 0.29) is 13.1 Å². The number of piperazine rings is 1. The number of benzene rings is 1. The van der Waals surface area contributed by atoms with Crippen molar-refractivity contribution >= 4 is 31.8 Å². The molecule has 0 bridgehead atoms. The number of nitrogens with one attached hydrogen (secondary N) is 1. The van der Waals surface area contributed by atoms with Crippen LogP contribution in [0.4, 0.5) is 10.5 Å². The predicted octanol–water partition coefficient (Wildman–Crippen LogP) is -0.595. The lowest BCUT2D eigenvalue weighted by Gasteiger charge is -2.42. The molecule has 2 atom stereocenters. The van der Waals surface area contributed by atoms with E-state index in [1.807, 2.05) is 0 Å². The van der Waals surface area contributed by atoms with Crippen LogP contribution in [0, 0.1) is 0 Å². The molecule has 2 fully saturated rings. The van der Waals surface area contributed by atoms with Gasteiger partial charge in [-0.3, -0.25) is 4.90 Å². The Morgan fingerprint density at radius 3 is 2.04 bits per heavy atom. The Hall–Kier alpha value is -1.69. The van der Waals surface area contributed by atoms with Crippen LogP contribution < -0.4 is 10.2 Å². The minimum absolute atomic E-state index is 0.0179. The number of hydrogen-bond acceptors (Lipinski definition) is 5. The molecule has 0 radical (unpaired) electrons. The monoisotopic (exact) mass is 374 g/mol. The van der Waals surface area contributed by atoms with Crippen LogP contribution in [0.3, 0.4) is 0 Å². The van der Waals surface area contributed by atoms with E-state index in [2.05, 4.69) is 5.32 Å². The number of amides is 2. The van der Waals surface area contributed by atoms with Crippen LogP contribution in [-0.4, -0.2) is 69.4 Å². The van der Waals surface area contributed by atoms with Crippen molar-refractivity contribution in [2.24, 2.45) is 0 Å². The summed E-state index contributed by atoms with van der Waals surface area (Å²) in [5.74, 6) is 0. The molecule has 3 rings (SSSR count). The molecule has 0 unspecified atom stereocenters. The van der Waals surface area contributed by atoms with Crippen LogP contribution in [0.25, 0.3) is 0 Å². The summed E-state index contributed by atoms with van der Waals surface area (Å²) in [6, 6.07) is 8.01. The lowest BCUT2D eigenvalue weighted by molar-refractivity contribution is 0.144. The van der Waals surface area contributed by atoms with E-state index in [1.165, 1.54) is 4.90 Å². The van der Waals surface area contributed by atoms with Gasteiger partial charge in [-0.05, 0) is 12.1 Å². The number of sulfonamides is 2. The van der Waals surface area contributed by atoms with Crippen molar-refractivity contribution in [3.05, 3.63) is 30.3 Å². The molecule has 0 spiro atoms. The fraction of sp³-hybridized carbons (Fsp3) is 0.462. The summed E-state index contributed by atoms with van der Waals surface area (Å²) in [7, 11) is -7.24. The van der Waals surface area contributed by atoms with Crippen LogP contribution >= 0.6 is 0 Å². The number of para-hydroxylation sites is 1. The van der Waals surface area contributed by atoms with Gasteiger partial charge >= 0.3 is 6.03 Å². The van der Waals surface area contributed by atoms with Gasteiger partial charge in [0.2, 0.25) is 20.0 Å². The van der Waals surface area contributed by atoms with Crippen molar-refractivity contribution in [2.75, 3.05) is 30.5 Å². The standard InChI is InChI=1S/C13H18N4O5S2/c1-23(19,20)15-8-9-16(24(2,21)22)12-11(15)14-13(18)17(12)10-6-4-3-5-7-10/h3-7,11-12H,8-9H2,1-2H3,(H,14,18)/t11-,12-/m0/s1. The number of hydrogen-bond donors (Lipinski definition) is 1. The van der Waals surface area contributed by atoms with Crippen molar-refractivity contribution in [3.8, 4) is 0 Å². The lowest BCUT2D eigenvalue weighted by Crippen LogP contribution is -2.65. The second-order valence-electron chi connectivity index (χ2n) is 5.76. The van der Waals surface area contributed by atoms with E-state index >= 15 is 0 Å². The van der Waals surface area contributed by atoms with E-state index in [4.69, 9.17) is 0 Å². The quantitative estimate of drug-likeness (QED) is 0.761. The van der Waals surface area contributed by atoms with Crippen LogP contribution in [-0.2, 0) is 20.0 Å². The SMILES string of the molecule is CS(=O)(=O)N1CCN(S(C)(=O)=O)[C@@H]2[C@H]1NC(=O)N2c1ccccc1. The van der Waals surface area contributed by atoms with E-state index in [9.17, 15) is 21.6 Å². The van der Waals surface area contributed by atoms with Crippen molar-refractivity contribution in [1.29, 1.82) is 0 Å². The third-order valence-electron chi connectivity index (χ3n) is 4.07. The van der Waals surface area contributed by atoms with Crippen molar-refractivity contribution < 1.29 is 21.6 Å². The van der Waals surface area contributed by atoms with E-state index < -0.39 is 38.4 Å². The van der Waals surface area contributed by atoms with Crippen molar-refractivity contribution in [1.82, 2.24) is 13.9 Å². The first-order valence-corrected chi connectivity index (χ1v) is 10.9. The van der Waals surface area contributed by atoms with Gasteiger partial charge in [-0.2, -0.15) is 8.61 Å². The molecule has 0 aromatic heterocycles. The molecule has 1 N–H and O–H groups in total. The zero-order valence-electron chi connectivity index (χ0n) is 13.2. The lowest BCUT2D eigenvalue weighted by atomic mass is 10.2. The highest BCUT2D eigenvalue weighted by molar-refractivity contribution is 7.88. The summed E-state index contributed by atoms with van der Waals surface area (Å²) in [5, 5.41) is 2.59. The number of rotatable bonds is 3. The van der Waals surface area contributed by atoms with E-state index in [0.717, 1.165) is 21.1 Å². The number of anilines is 1. The molecule has 1 aromatic carbocycles. The molecule has 2 aliphatic heterocycles. The minimum Gasteiger partial charge on any atom is -0.318 e. The second kappa shape index (κ2) is 5.69. The molecule has 0 saturated carbocycles. The largest absolute Gasteiger partial charge is 0.324 e. The average molecular weight is 374 g/mol. The fourth-order valence-corrected chi connectivity index (χ4v) is 5.10. The number of fused-ring (bicyclic) bond motifs is 1. The molecular weight excluding hydrogens is 356 g/mol. The number of urea groups is 1. The Balaban J connectivity index is 2.11. The normalized spacial score (nSPS) is 26.2. The highest BCUT2D eigenvalue weighted by Crippen LogP contribution is 2.31. The van der Waals surface area contributed by atoms with Crippen molar-refractivity contribution in [2.45, 2.75) is 12.3 Å². The smallest absolute Gasteiger partial charge is 0.318 e. The third-order valence-corrected chi connectivity index (χ3v) is 6.58. The maximum Gasteiger partial charge on any atom is 0.324 e. The minimum atomic E-state index is -3.64. The van der Waals surface area contributed by atoms with Gasteiger partial charge in [0.05, 0.1) is 12.5 Å². The third kappa shape index (κ3) is 2.88. The van der Waals surface area contributed by atoms with Crippen LogP contribution in [0.15, 0.2) is 30.3 Å². The molecule has 2 saturated heterocycles. The van der Waals surface area contributed by atoms with Crippen LogP contribution in [0.5, 0.6) is 0 Å².